The maximum absolute atomic E-state index is 3.48. The number of hydrogen-bond acceptors (Lipinski definition) is 1. The normalized spacial score (nSPS) is 12.4. The highest BCUT2D eigenvalue weighted by molar-refractivity contribution is 14.1. The van der Waals surface area contributed by atoms with Gasteiger partial charge in [-0.15, -0.1) is 0 Å². The highest BCUT2D eigenvalue weighted by Gasteiger charge is 2.14. The molecule has 100 valence electrons. The van der Waals surface area contributed by atoms with Crippen molar-refractivity contribution < 1.29 is 0 Å². The Morgan fingerprint density at radius 2 is 1.84 bits per heavy atom. The molecular weight excluding hydrogens is 413 g/mol. The van der Waals surface area contributed by atoms with Crippen LogP contribution in [0.5, 0.6) is 0 Å². The molecule has 1 N–H and O–H groups in total. The van der Waals surface area contributed by atoms with Crippen molar-refractivity contribution in [3.8, 4) is 0 Å². The van der Waals surface area contributed by atoms with Crippen molar-refractivity contribution in [1.82, 2.24) is 5.32 Å². The lowest BCUT2D eigenvalue weighted by atomic mass is 9.98. The molecule has 0 bridgehead atoms. The Hall–Kier alpha value is -0.390. The molecule has 0 aliphatic rings. The summed E-state index contributed by atoms with van der Waals surface area (Å²) in [5.74, 6) is 0. The highest BCUT2D eigenvalue weighted by atomic mass is 127. The van der Waals surface area contributed by atoms with Gasteiger partial charge in [0.2, 0.25) is 0 Å². The van der Waals surface area contributed by atoms with Crippen molar-refractivity contribution in [2.75, 3.05) is 7.05 Å². The third-order valence-corrected chi connectivity index (χ3v) is 5.30. The molecule has 1 unspecified atom stereocenters. The lowest BCUT2D eigenvalue weighted by molar-refractivity contribution is 0.589. The molecule has 0 aromatic heterocycles. The van der Waals surface area contributed by atoms with E-state index in [1.54, 1.807) is 0 Å². The van der Waals surface area contributed by atoms with E-state index >= 15 is 0 Å². The minimum absolute atomic E-state index is 0.355. The summed E-state index contributed by atoms with van der Waals surface area (Å²) in [5.41, 5.74) is 4.07. The molecule has 0 aliphatic carbocycles. The van der Waals surface area contributed by atoms with E-state index in [0.717, 1.165) is 10.9 Å². The Balaban J connectivity index is 2.25. The van der Waals surface area contributed by atoms with Crippen LogP contribution in [0, 0.1) is 10.5 Å². The number of halogens is 2. The molecule has 0 radical (unpaired) electrons. The van der Waals surface area contributed by atoms with Crippen LogP contribution in [0.2, 0.25) is 0 Å². The number of hydrogen-bond donors (Lipinski definition) is 1. The summed E-state index contributed by atoms with van der Waals surface area (Å²) in [4.78, 5) is 0. The number of aryl methyl sites for hydroxylation is 1. The highest BCUT2D eigenvalue weighted by Crippen LogP contribution is 2.26. The second kappa shape index (κ2) is 6.86. The Labute approximate surface area is 137 Å². The van der Waals surface area contributed by atoms with Crippen LogP contribution >= 0.6 is 38.5 Å². The smallest absolute Gasteiger partial charge is 0.0369 e. The number of likely N-dealkylation sites (N-methyl/N-ethyl adjacent to an activating group) is 1. The van der Waals surface area contributed by atoms with Gasteiger partial charge in [-0.05, 0) is 71.8 Å². The molecule has 2 aromatic rings. The van der Waals surface area contributed by atoms with Gasteiger partial charge in [-0.25, -0.2) is 0 Å². The average Bonchev–Trinajstić information content (AvgIpc) is 2.42. The topological polar surface area (TPSA) is 12.0 Å². The largest absolute Gasteiger partial charge is 0.313 e. The van der Waals surface area contributed by atoms with E-state index in [1.165, 1.54) is 20.3 Å². The zero-order valence-electron chi connectivity index (χ0n) is 11.1. The van der Waals surface area contributed by atoms with Crippen LogP contribution in [0.4, 0.5) is 0 Å². The van der Waals surface area contributed by atoms with Crippen LogP contribution in [0.3, 0.4) is 0 Å². The van der Waals surface area contributed by atoms with Gasteiger partial charge >= 0.3 is 0 Å². The van der Waals surface area contributed by atoms with Crippen molar-refractivity contribution in [3.05, 3.63) is 67.2 Å². The predicted octanol–water partition coefficient (Wildman–Crippen LogP) is 4.87. The molecule has 3 heteroatoms. The van der Waals surface area contributed by atoms with Crippen LogP contribution in [-0.4, -0.2) is 7.05 Å². The molecule has 2 aromatic carbocycles. The molecule has 0 amide bonds. The fourth-order valence-corrected chi connectivity index (χ4v) is 3.16. The summed E-state index contributed by atoms with van der Waals surface area (Å²) in [7, 11) is 2.03. The third-order valence-electron chi connectivity index (χ3n) is 3.30. The van der Waals surface area contributed by atoms with Gasteiger partial charge in [-0.1, -0.05) is 46.3 Å². The van der Waals surface area contributed by atoms with E-state index in [4.69, 9.17) is 0 Å². The van der Waals surface area contributed by atoms with Gasteiger partial charge in [0, 0.05) is 14.1 Å². The van der Waals surface area contributed by atoms with Crippen molar-refractivity contribution in [2.24, 2.45) is 0 Å². The molecule has 0 fully saturated rings. The Morgan fingerprint density at radius 1 is 1.16 bits per heavy atom. The van der Waals surface area contributed by atoms with Gasteiger partial charge in [0.15, 0.2) is 0 Å². The molecule has 0 spiro atoms. The first-order valence-corrected chi connectivity index (χ1v) is 8.15. The maximum Gasteiger partial charge on any atom is 0.0369 e. The minimum Gasteiger partial charge on any atom is -0.313 e. The van der Waals surface area contributed by atoms with E-state index in [0.29, 0.717) is 6.04 Å². The van der Waals surface area contributed by atoms with E-state index in [9.17, 15) is 0 Å². The first-order chi connectivity index (χ1) is 9.11. The molecule has 0 heterocycles. The fourth-order valence-electron chi connectivity index (χ4n) is 2.16. The second-order valence-electron chi connectivity index (χ2n) is 4.65. The third kappa shape index (κ3) is 3.80. The molecule has 2 rings (SSSR count). The summed E-state index contributed by atoms with van der Waals surface area (Å²) in [6, 6.07) is 15.4. The van der Waals surface area contributed by atoms with E-state index in [2.05, 4.69) is 93.2 Å². The van der Waals surface area contributed by atoms with E-state index in [1.807, 2.05) is 7.05 Å². The first-order valence-electron chi connectivity index (χ1n) is 6.28. The van der Waals surface area contributed by atoms with E-state index in [-0.39, 0.29) is 0 Å². The first kappa shape index (κ1) is 15.0. The molecule has 1 atom stereocenters. The summed E-state index contributed by atoms with van der Waals surface area (Å²) >= 11 is 5.92. The predicted molar refractivity (Wildman–Crippen MR) is 93.5 cm³/mol. The van der Waals surface area contributed by atoms with Gasteiger partial charge in [-0.2, -0.15) is 0 Å². The van der Waals surface area contributed by atoms with Crippen molar-refractivity contribution >= 4 is 38.5 Å². The van der Waals surface area contributed by atoms with Crippen molar-refractivity contribution in [2.45, 2.75) is 19.4 Å². The maximum atomic E-state index is 3.48. The average molecular weight is 430 g/mol. The van der Waals surface area contributed by atoms with Crippen LogP contribution in [0.1, 0.15) is 22.7 Å². The van der Waals surface area contributed by atoms with Gasteiger partial charge in [0.1, 0.15) is 0 Å². The zero-order valence-corrected chi connectivity index (χ0v) is 14.8. The van der Waals surface area contributed by atoms with Crippen molar-refractivity contribution in [3.63, 3.8) is 0 Å². The van der Waals surface area contributed by atoms with Crippen LogP contribution in [0.15, 0.2) is 46.9 Å². The van der Waals surface area contributed by atoms with E-state index < -0.39 is 0 Å². The lowest BCUT2D eigenvalue weighted by Crippen LogP contribution is -2.20. The summed E-state index contributed by atoms with van der Waals surface area (Å²) in [5, 5.41) is 3.43. The number of nitrogens with one attached hydrogen (secondary N) is 1. The molecule has 0 aliphatic heterocycles. The Kier molecular flexibility index (Phi) is 5.42. The summed E-state index contributed by atoms with van der Waals surface area (Å²) in [6.45, 7) is 2.16. The molecular formula is C16H17BrIN. The Bertz CT molecular complexity index is 551. The molecule has 0 saturated carbocycles. The number of benzene rings is 2. The quantitative estimate of drug-likeness (QED) is 0.684. The minimum atomic E-state index is 0.355. The molecule has 0 saturated heterocycles. The summed E-state index contributed by atoms with van der Waals surface area (Å²) in [6.07, 6.45) is 1.00. The number of rotatable bonds is 4. The van der Waals surface area contributed by atoms with Crippen LogP contribution in [-0.2, 0) is 6.42 Å². The lowest BCUT2D eigenvalue weighted by Gasteiger charge is -2.19. The van der Waals surface area contributed by atoms with Gasteiger partial charge in [0.25, 0.3) is 0 Å². The Morgan fingerprint density at radius 3 is 2.47 bits per heavy atom. The van der Waals surface area contributed by atoms with Crippen LogP contribution < -0.4 is 5.32 Å². The standard InChI is InChI=1S/C16H17BrIN/c1-11-4-3-5-14(16(11)18)15(19-2)10-12-6-8-13(17)9-7-12/h3-9,15,19H,10H2,1-2H3. The molecule has 1 nitrogen and oxygen atoms in total. The van der Waals surface area contributed by atoms with Crippen LogP contribution in [0.25, 0.3) is 0 Å². The summed E-state index contributed by atoms with van der Waals surface area (Å²) < 4.78 is 2.49. The van der Waals surface area contributed by atoms with Gasteiger partial charge in [0.05, 0.1) is 0 Å². The molecule has 19 heavy (non-hydrogen) atoms. The fraction of sp³-hybridized carbons (Fsp3) is 0.250. The van der Waals surface area contributed by atoms with Gasteiger partial charge < -0.3 is 5.32 Å². The second-order valence-corrected chi connectivity index (χ2v) is 6.64. The zero-order chi connectivity index (χ0) is 13.8. The van der Waals surface area contributed by atoms with Crippen molar-refractivity contribution in [1.29, 1.82) is 0 Å². The SMILES string of the molecule is CNC(Cc1ccc(Br)cc1)c1cccc(C)c1I. The van der Waals surface area contributed by atoms with Gasteiger partial charge in [-0.3, -0.25) is 0 Å². The monoisotopic (exact) mass is 429 g/mol.